The topological polar surface area (TPSA) is 60.4 Å². The maximum atomic E-state index is 10.9. The maximum absolute atomic E-state index is 10.9. The molecule has 4 nitrogen and oxygen atoms in total. The quantitative estimate of drug-likeness (QED) is 0.283. The summed E-state index contributed by atoms with van der Waals surface area (Å²) in [5.74, 6) is -1.32. The van der Waals surface area contributed by atoms with Crippen LogP contribution in [0.4, 0.5) is 0 Å². The second-order valence-corrected chi connectivity index (χ2v) is 2.44. The normalized spacial score (nSPS) is 10.8. The second-order valence-electron chi connectivity index (χ2n) is 2.44. The molecule has 0 aromatic heterocycles. The molecule has 0 heterocycles. The second kappa shape index (κ2) is 6.11. The number of aldehydes is 1. The van der Waals surface area contributed by atoms with Crippen LogP contribution in [0.1, 0.15) is 26.7 Å². The van der Waals surface area contributed by atoms with E-state index in [1.165, 1.54) is 0 Å². The third kappa shape index (κ3) is 4.90. The molecule has 0 aromatic rings. The number of hydrogen-bond acceptors (Lipinski definition) is 4. The average Bonchev–Trinajstić information content (AvgIpc) is 2.13. The Hall–Kier alpha value is -1.45. The lowest BCUT2D eigenvalue weighted by molar-refractivity contribution is -0.157. The molecule has 0 aliphatic carbocycles. The minimum Gasteiger partial charge on any atom is -0.390 e. The van der Waals surface area contributed by atoms with E-state index < -0.39 is 11.9 Å². The molecule has 0 spiro atoms. The van der Waals surface area contributed by atoms with Crippen molar-refractivity contribution in [2.75, 3.05) is 0 Å². The summed E-state index contributed by atoms with van der Waals surface area (Å²) in [6.45, 7) is 3.22. The van der Waals surface area contributed by atoms with E-state index in [0.717, 1.165) is 0 Å². The molecule has 13 heavy (non-hydrogen) atoms. The number of carbonyl (C=O) groups excluding carboxylic acids is 3. The first-order chi connectivity index (χ1) is 6.11. The average molecular weight is 184 g/mol. The van der Waals surface area contributed by atoms with Crippen LogP contribution in [0.5, 0.6) is 0 Å². The summed E-state index contributed by atoms with van der Waals surface area (Å²) in [6, 6.07) is 0. The van der Waals surface area contributed by atoms with E-state index in [4.69, 9.17) is 0 Å². The monoisotopic (exact) mass is 184 g/mol. The maximum Gasteiger partial charge on any atom is 0.341 e. The highest BCUT2D eigenvalue weighted by Crippen LogP contribution is 1.98. The van der Waals surface area contributed by atoms with Gasteiger partial charge in [-0.05, 0) is 13.8 Å². The van der Waals surface area contributed by atoms with Crippen molar-refractivity contribution < 1.29 is 19.1 Å². The predicted octanol–water partition coefficient (Wildman–Crippen LogP) is 1.00. The zero-order valence-electron chi connectivity index (χ0n) is 7.70. The summed E-state index contributed by atoms with van der Waals surface area (Å²) in [7, 11) is 0. The highest BCUT2D eigenvalue weighted by Gasteiger charge is 2.10. The van der Waals surface area contributed by atoms with Crippen LogP contribution in [0.2, 0.25) is 0 Å². The predicted molar refractivity (Wildman–Crippen MR) is 45.8 cm³/mol. The Morgan fingerprint density at radius 3 is 2.46 bits per heavy atom. The summed E-state index contributed by atoms with van der Waals surface area (Å²) < 4.78 is 4.40. The summed E-state index contributed by atoms with van der Waals surface area (Å²) in [5.41, 5.74) is 0.374. The molecule has 0 rings (SSSR count). The van der Waals surface area contributed by atoms with E-state index in [9.17, 15) is 14.4 Å². The van der Waals surface area contributed by atoms with Crippen LogP contribution in [-0.4, -0.2) is 18.2 Å². The minimum atomic E-state index is -0.668. The lowest BCUT2D eigenvalue weighted by atomic mass is 10.3. The highest BCUT2D eigenvalue weighted by molar-refractivity contribution is 5.95. The van der Waals surface area contributed by atoms with E-state index in [2.05, 4.69) is 4.74 Å². The van der Waals surface area contributed by atoms with E-state index >= 15 is 0 Å². The lowest BCUT2D eigenvalue weighted by Gasteiger charge is -2.00. The first kappa shape index (κ1) is 11.6. The van der Waals surface area contributed by atoms with Gasteiger partial charge in [-0.1, -0.05) is 6.08 Å². The Morgan fingerprint density at radius 1 is 1.38 bits per heavy atom. The third-order valence-electron chi connectivity index (χ3n) is 1.43. The van der Waals surface area contributed by atoms with Gasteiger partial charge in [-0.2, -0.15) is 0 Å². The fraction of sp³-hybridized carbons (Fsp3) is 0.444. The standard InChI is InChI=1S/C9H12O4/c1-3-7(2)9(12)13-8(11)5-4-6-10/h3,6H,4-5H2,1-2H3. The van der Waals surface area contributed by atoms with Gasteiger partial charge in [-0.3, -0.25) is 4.79 Å². The van der Waals surface area contributed by atoms with Gasteiger partial charge in [0.1, 0.15) is 6.29 Å². The Balaban J connectivity index is 3.92. The van der Waals surface area contributed by atoms with Crippen molar-refractivity contribution in [1.29, 1.82) is 0 Å². The Labute approximate surface area is 76.6 Å². The van der Waals surface area contributed by atoms with Crippen molar-refractivity contribution in [2.45, 2.75) is 26.7 Å². The van der Waals surface area contributed by atoms with Crippen LogP contribution < -0.4 is 0 Å². The number of hydrogen-bond donors (Lipinski definition) is 0. The Bertz CT molecular complexity index is 240. The van der Waals surface area contributed by atoms with Gasteiger partial charge in [0.05, 0.1) is 6.42 Å². The zero-order chi connectivity index (χ0) is 10.3. The van der Waals surface area contributed by atoms with Gasteiger partial charge < -0.3 is 9.53 Å². The Kier molecular flexibility index (Phi) is 5.43. The van der Waals surface area contributed by atoms with Gasteiger partial charge in [0.2, 0.25) is 0 Å². The van der Waals surface area contributed by atoms with E-state index in [1.807, 2.05) is 0 Å². The molecule has 0 aliphatic rings. The molecule has 0 unspecified atom stereocenters. The van der Waals surface area contributed by atoms with Crippen LogP contribution in [0.3, 0.4) is 0 Å². The zero-order valence-corrected chi connectivity index (χ0v) is 7.70. The van der Waals surface area contributed by atoms with Crippen molar-refractivity contribution in [3.05, 3.63) is 11.6 Å². The molecule has 0 aliphatic heterocycles. The molecule has 0 bridgehead atoms. The Morgan fingerprint density at radius 2 is 2.00 bits per heavy atom. The van der Waals surface area contributed by atoms with E-state index in [-0.39, 0.29) is 12.8 Å². The molecule has 0 saturated carbocycles. The molecular formula is C9H12O4. The summed E-state index contributed by atoms with van der Waals surface area (Å²) in [6.07, 6.45) is 2.19. The number of esters is 2. The summed E-state index contributed by atoms with van der Waals surface area (Å²) in [4.78, 5) is 31.6. The fourth-order valence-electron chi connectivity index (χ4n) is 0.530. The first-order valence-electron chi connectivity index (χ1n) is 3.93. The molecular weight excluding hydrogens is 172 g/mol. The van der Waals surface area contributed by atoms with Crippen molar-refractivity contribution in [2.24, 2.45) is 0 Å². The van der Waals surface area contributed by atoms with E-state index in [0.29, 0.717) is 11.9 Å². The van der Waals surface area contributed by atoms with Gasteiger partial charge in [-0.25, -0.2) is 4.79 Å². The first-order valence-corrected chi connectivity index (χ1v) is 3.93. The molecule has 4 heteroatoms. The van der Waals surface area contributed by atoms with Gasteiger partial charge in [0.25, 0.3) is 0 Å². The van der Waals surface area contributed by atoms with Crippen LogP contribution in [0.25, 0.3) is 0 Å². The molecule has 0 fully saturated rings. The molecule has 0 amide bonds. The van der Waals surface area contributed by atoms with Crippen molar-refractivity contribution in [3.8, 4) is 0 Å². The molecule has 0 aromatic carbocycles. The smallest absolute Gasteiger partial charge is 0.341 e. The number of ether oxygens (including phenoxy) is 1. The van der Waals surface area contributed by atoms with Crippen molar-refractivity contribution in [3.63, 3.8) is 0 Å². The van der Waals surface area contributed by atoms with E-state index in [1.54, 1.807) is 19.9 Å². The summed E-state index contributed by atoms with van der Waals surface area (Å²) >= 11 is 0. The van der Waals surface area contributed by atoms with Crippen molar-refractivity contribution in [1.82, 2.24) is 0 Å². The minimum absolute atomic E-state index is 0.0494. The van der Waals surface area contributed by atoms with Gasteiger partial charge >= 0.3 is 11.9 Å². The fourth-order valence-corrected chi connectivity index (χ4v) is 0.530. The van der Waals surface area contributed by atoms with Crippen LogP contribution in [0, 0.1) is 0 Å². The molecule has 0 saturated heterocycles. The number of allylic oxidation sites excluding steroid dienone is 1. The van der Waals surface area contributed by atoms with Crippen molar-refractivity contribution >= 4 is 18.2 Å². The molecule has 72 valence electrons. The lowest BCUT2D eigenvalue weighted by Crippen LogP contribution is -2.12. The molecule has 0 atom stereocenters. The number of carbonyl (C=O) groups is 3. The molecule has 0 N–H and O–H groups in total. The van der Waals surface area contributed by atoms with Gasteiger partial charge in [0, 0.05) is 12.0 Å². The largest absolute Gasteiger partial charge is 0.390 e. The van der Waals surface area contributed by atoms with Crippen LogP contribution in [0.15, 0.2) is 11.6 Å². The third-order valence-corrected chi connectivity index (χ3v) is 1.43. The summed E-state index contributed by atoms with van der Waals surface area (Å²) in [5, 5.41) is 0. The van der Waals surface area contributed by atoms with Crippen LogP contribution in [-0.2, 0) is 19.1 Å². The van der Waals surface area contributed by atoms with Gasteiger partial charge in [0.15, 0.2) is 0 Å². The van der Waals surface area contributed by atoms with Crippen LogP contribution >= 0.6 is 0 Å². The number of rotatable bonds is 4. The SMILES string of the molecule is CC=C(C)C(=O)OC(=O)CCC=O. The highest BCUT2D eigenvalue weighted by atomic mass is 16.6. The molecule has 0 radical (unpaired) electrons. The van der Waals surface area contributed by atoms with Gasteiger partial charge in [-0.15, -0.1) is 0 Å².